The molecule has 0 saturated carbocycles. The quantitative estimate of drug-likeness (QED) is 0.462. The molecule has 0 bridgehead atoms. The Hall–Kier alpha value is -2.00. The number of azide groups is 1. The van der Waals surface area contributed by atoms with Gasteiger partial charge in [-0.2, -0.15) is 0 Å². The van der Waals surface area contributed by atoms with Gasteiger partial charge in [0.1, 0.15) is 0 Å². The van der Waals surface area contributed by atoms with E-state index >= 15 is 0 Å². The fourth-order valence-electron chi connectivity index (χ4n) is 1.14. The molecule has 0 aromatic heterocycles. The predicted octanol–water partition coefficient (Wildman–Crippen LogP) is 3.16. The summed E-state index contributed by atoms with van der Waals surface area (Å²) in [6.07, 6.45) is 0. The Balaban J connectivity index is 2.82. The molecule has 0 fully saturated rings. The molecule has 16 heavy (non-hydrogen) atoms. The molecule has 0 unspecified atom stereocenters. The number of benzene rings is 1. The molecule has 0 aliphatic carbocycles. The van der Waals surface area contributed by atoms with Gasteiger partial charge in [-0.1, -0.05) is 17.2 Å². The predicted molar refractivity (Wildman–Crippen MR) is 62.5 cm³/mol. The Morgan fingerprint density at radius 3 is 2.31 bits per heavy atom. The van der Waals surface area contributed by atoms with Crippen LogP contribution in [0.15, 0.2) is 29.4 Å². The van der Waals surface area contributed by atoms with Crippen molar-refractivity contribution in [1.82, 2.24) is 5.32 Å². The molecule has 84 valence electrons. The van der Waals surface area contributed by atoms with Crippen molar-refractivity contribution in [1.29, 1.82) is 0 Å². The fraction of sp³-hybridized carbons (Fsp3) is 0.364. The van der Waals surface area contributed by atoms with Gasteiger partial charge in [0.15, 0.2) is 0 Å². The zero-order valence-electron chi connectivity index (χ0n) is 9.56. The van der Waals surface area contributed by atoms with E-state index in [2.05, 4.69) is 15.3 Å². The second kappa shape index (κ2) is 4.68. The molecule has 1 rings (SSSR count). The highest BCUT2D eigenvalue weighted by Gasteiger charge is 2.14. The molecule has 5 nitrogen and oxygen atoms in total. The summed E-state index contributed by atoms with van der Waals surface area (Å²) in [7, 11) is 0. The number of hydrogen-bond acceptors (Lipinski definition) is 2. The molecule has 1 aromatic rings. The van der Waals surface area contributed by atoms with Gasteiger partial charge in [-0.05, 0) is 38.4 Å². The molecule has 0 aliphatic rings. The zero-order valence-corrected chi connectivity index (χ0v) is 9.56. The molecule has 0 heterocycles. The average molecular weight is 218 g/mol. The summed E-state index contributed by atoms with van der Waals surface area (Å²) in [5.74, 6) is -0.139. The Morgan fingerprint density at radius 2 is 1.88 bits per heavy atom. The minimum atomic E-state index is -0.263. The number of carbonyl (C=O) groups is 1. The van der Waals surface area contributed by atoms with E-state index in [-0.39, 0.29) is 11.4 Å². The van der Waals surface area contributed by atoms with Gasteiger partial charge in [-0.25, -0.2) is 0 Å². The van der Waals surface area contributed by atoms with Crippen LogP contribution in [0.1, 0.15) is 31.1 Å². The van der Waals surface area contributed by atoms with Crippen LogP contribution in [0.2, 0.25) is 0 Å². The first-order valence-corrected chi connectivity index (χ1v) is 4.90. The number of nitrogens with one attached hydrogen (secondary N) is 1. The van der Waals surface area contributed by atoms with Crippen LogP contribution in [0.5, 0.6) is 0 Å². The number of nitrogens with zero attached hydrogens (tertiary/aromatic N) is 3. The van der Waals surface area contributed by atoms with Crippen molar-refractivity contribution in [2.45, 2.75) is 26.3 Å². The van der Waals surface area contributed by atoms with E-state index < -0.39 is 0 Å². The lowest BCUT2D eigenvalue weighted by Crippen LogP contribution is -2.40. The second-order valence-electron chi connectivity index (χ2n) is 4.44. The Morgan fingerprint density at radius 1 is 1.31 bits per heavy atom. The van der Waals surface area contributed by atoms with E-state index in [0.29, 0.717) is 11.3 Å². The number of hydrogen-bond donors (Lipinski definition) is 1. The van der Waals surface area contributed by atoms with Crippen molar-refractivity contribution < 1.29 is 4.79 Å². The largest absolute Gasteiger partial charge is 0.347 e. The lowest BCUT2D eigenvalue weighted by molar-refractivity contribution is 0.0919. The van der Waals surface area contributed by atoms with Crippen molar-refractivity contribution in [2.24, 2.45) is 5.11 Å². The Bertz CT molecular complexity index is 424. The van der Waals surface area contributed by atoms with Crippen molar-refractivity contribution in [3.63, 3.8) is 0 Å². The summed E-state index contributed by atoms with van der Waals surface area (Å²) < 4.78 is 0. The third kappa shape index (κ3) is 3.63. The van der Waals surface area contributed by atoms with Gasteiger partial charge in [-0.15, -0.1) is 0 Å². The molecule has 0 aliphatic heterocycles. The lowest BCUT2D eigenvalue weighted by atomic mass is 10.1. The van der Waals surface area contributed by atoms with Crippen molar-refractivity contribution in [2.75, 3.05) is 0 Å². The van der Waals surface area contributed by atoms with Crippen LogP contribution in [0.25, 0.3) is 10.4 Å². The minimum Gasteiger partial charge on any atom is -0.347 e. The van der Waals surface area contributed by atoms with Gasteiger partial charge in [0.2, 0.25) is 0 Å². The van der Waals surface area contributed by atoms with Gasteiger partial charge in [0, 0.05) is 21.7 Å². The summed E-state index contributed by atoms with van der Waals surface area (Å²) in [4.78, 5) is 14.4. The topological polar surface area (TPSA) is 77.9 Å². The SMILES string of the molecule is CC(C)(C)NC(=O)c1ccc(N=[N+]=[N-])cc1. The molecule has 1 aromatic carbocycles. The second-order valence-corrected chi connectivity index (χ2v) is 4.44. The Labute approximate surface area is 94.1 Å². The van der Waals surface area contributed by atoms with Gasteiger partial charge in [-0.3, -0.25) is 4.79 Å². The van der Waals surface area contributed by atoms with Gasteiger partial charge >= 0.3 is 0 Å². The van der Waals surface area contributed by atoms with E-state index in [1.807, 2.05) is 20.8 Å². The van der Waals surface area contributed by atoms with Crippen LogP contribution in [-0.4, -0.2) is 11.4 Å². The van der Waals surface area contributed by atoms with Crippen molar-refractivity contribution in [3.8, 4) is 0 Å². The first kappa shape index (κ1) is 12.1. The summed E-state index contributed by atoms with van der Waals surface area (Å²) in [5.41, 5.74) is 9.01. The van der Waals surface area contributed by atoms with Crippen LogP contribution in [-0.2, 0) is 0 Å². The highest BCUT2D eigenvalue weighted by molar-refractivity contribution is 5.94. The minimum absolute atomic E-state index is 0.139. The molecular weight excluding hydrogens is 204 g/mol. The monoisotopic (exact) mass is 218 g/mol. The van der Waals surface area contributed by atoms with Crippen LogP contribution in [0.3, 0.4) is 0 Å². The van der Waals surface area contributed by atoms with E-state index in [1.165, 1.54) is 0 Å². The van der Waals surface area contributed by atoms with Crippen LogP contribution < -0.4 is 5.32 Å². The first-order valence-electron chi connectivity index (χ1n) is 4.90. The third-order valence-corrected chi connectivity index (χ3v) is 1.78. The van der Waals surface area contributed by atoms with E-state index in [9.17, 15) is 4.79 Å². The van der Waals surface area contributed by atoms with Crippen LogP contribution in [0, 0.1) is 0 Å². The molecule has 1 amide bonds. The van der Waals surface area contributed by atoms with Crippen LogP contribution >= 0.6 is 0 Å². The maximum atomic E-state index is 11.7. The molecule has 0 radical (unpaired) electrons. The summed E-state index contributed by atoms with van der Waals surface area (Å²) in [5, 5.41) is 6.28. The number of carbonyl (C=O) groups excluding carboxylic acids is 1. The standard InChI is InChI=1S/C11H14N4O/c1-11(2,3)13-10(16)8-4-6-9(7-5-8)14-15-12/h4-7H,1-3H3,(H,13,16). The zero-order chi connectivity index (χ0) is 12.2. The number of rotatable bonds is 2. The van der Waals surface area contributed by atoms with Crippen LogP contribution in [0.4, 0.5) is 5.69 Å². The van der Waals surface area contributed by atoms with Gasteiger partial charge < -0.3 is 5.32 Å². The smallest absolute Gasteiger partial charge is 0.251 e. The highest BCUT2D eigenvalue weighted by atomic mass is 16.1. The van der Waals surface area contributed by atoms with Crippen molar-refractivity contribution in [3.05, 3.63) is 40.3 Å². The summed E-state index contributed by atoms with van der Waals surface area (Å²) >= 11 is 0. The molecule has 5 heteroatoms. The molecule has 0 saturated heterocycles. The highest BCUT2D eigenvalue weighted by Crippen LogP contribution is 2.13. The molecule has 0 spiro atoms. The van der Waals surface area contributed by atoms with Gasteiger partial charge in [0.25, 0.3) is 5.91 Å². The normalized spacial score (nSPS) is 10.4. The summed E-state index contributed by atoms with van der Waals surface area (Å²) in [6.45, 7) is 5.75. The fourth-order valence-corrected chi connectivity index (χ4v) is 1.14. The maximum absolute atomic E-state index is 11.7. The lowest BCUT2D eigenvalue weighted by Gasteiger charge is -2.20. The Kier molecular flexibility index (Phi) is 3.53. The molecular formula is C11H14N4O. The van der Waals surface area contributed by atoms with E-state index in [0.717, 1.165) is 0 Å². The first-order chi connectivity index (χ1) is 7.42. The maximum Gasteiger partial charge on any atom is 0.251 e. The number of amides is 1. The van der Waals surface area contributed by atoms with E-state index in [1.54, 1.807) is 24.3 Å². The molecule has 1 N–H and O–H groups in total. The molecule has 0 atom stereocenters. The van der Waals surface area contributed by atoms with Crippen molar-refractivity contribution >= 4 is 11.6 Å². The third-order valence-electron chi connectivity index (χ3n) is 1.78. The van der Waals surface area contributed by atoms with E-state index in [4.69, 9.17) is 5.53 Å². The average Bonchev–Trinajstić information content (AvgIpc) is 2.16. The summed E-state index contributed by atoms with van der Waals surface area (Å²) in [6, 6.07) is 6.48. The van der Waals surface area contributed by atoms with Gasteiger partial charge in [0.05, 0.1) is 0 Å².